The Balaban J connectivity index is 4.87. The maximum absolute atomic E-state index is 12.7. The quantitative estimate of drug-likeness (QED) is 0.0771. The summed E-state index contributed by atoms with van der Waals surface area (Å²) in [6.07, 6.45) is 3.13. The Labute approximate surface area is 192 Å². The van der Waals surface area contributed by atoms with Crippen LogP contribution < -0.4 is 33.2 Å². The molecule has 32 heavy (non-hydrogen) atoms. The van der Waals surface area contributed by atoms with Gasteiger partial charge < -0.3 is 38.3 Å². The Hall–Kier alpha value is -2.54. The van der Waals surface area contributed by atoms with Crippen LogP contribution in [0.25, 0.3) is 0 Å². The molecule has 3 amide bonds. The lowest BCUT2D eigenvalue weighted by molar-refractivity contribution is -0.142. The van der Waals surface area contributed by atoms with Crippen molar-refractivity contribution in [2.45, 2.75) is 57.7 Å². The summed E-state index contributed by atoms with van der Waals surface area (Å²) in [6, 6.07) is -2.83. The molecular formula is C19H37N7O5S. The van der Waals surface area contributed by atoms with Gasteiger partial charge in [0.15, 0.2) is 5.96 Å². The third-order valence-electron chi connectivity index (χ3n) is 4.31. The number of hydrogen-bond donors (Lipinski definition) is 7. The van der Waals surface area contributed by atoms with E-state index in [1.54, 1.807) is 11.8 Å². The lowest BCUT2D eigenvalue weighted by Crippen LogP contribution is -2.54. The second-order valence-corrected chi connectivity index (χ2v) is 8.69. The molecule has 0 aliphatic rings. The fraction of sp³-hybridized carbons (Fsp3) is 0.737. The molecule has 0 aliphatic heterocycles. The van der Waals surface area contributed by atoms with Crippen LogP contribution in [0.4, 0.5) is 0 Å². The van der Waals surface area contributed by atoms with Crippen LogP contribution in [0.5, 0.6) is 0 Å². The zero-order valence-electron chi connectivity index (χ0n) is 18.9. The van der Waals surface area contributed by atoms with Crippen LogP contribution in [0.1, 0.15) is 39.5 Å². The van der Waals surface area contributed by atoms with E-state index in [4.69, 9.17) is 17.2 Å². The maximum Gasteiger partial charge on any atom is 0.326 e. The van der Waals surface area contributed by atoms with Gasteiger partial charge in [-0.2, -0.15) is 11.8 Å². The van der Waals surface area contributed by atoms with Gasteiger partial charge in [-0.3, -0.25) is 19.4 Å². The van der Waals surface area contributed by atoms with E-state index in [9.17, 15) is 24.3 Å². The third-order valence-corrected chi connectivity index (χ3v) is 4.96. The van der Waals surface area contributed by atoms with Gasteiger partial charge in [0.1, 0.15) is 12.1 Å². The van der Waals surface area contributed by atoms with Crippen molar-refractivity contribution in [1.29, 1.82) is 0 Å². The zero-order chi connectivity index (χ0) is 24.7. The van der Waals surface area contributed by atoms with E-state index in [-0.39, 0.29) is 31.4 Å². The maximum atomic E-state index is 12.7. The number of hydrogen-bond acceptors (Lipinski definition) is 7. The number of carboxylic acid groups (broad SMARTS) is 1. The molecule has 0 saturated heterocycles. The number of nitrogens with zero attached hydrogens (tertiary/aromatic N) is 1. The number of aliphatic imine (C=N–C) groups is 1. The van der Waals surface area contributed by atoms with Gasteiger partial charge in [0, 0.05) is 6.54 Å². The minimum atomic E-state index is -1.20. The Morgan fingerprint density at radius 3 is 2.22 bits per heavy atom. The van der Waals surface area contributed by atoms with Crippen molar-refractivity contribution in [2.75, 3.05) is 25.1 Å². The molecule has 0 aromatic heterocycles. The molecule has 0 heterocycles. The summed E-state index contributed by atoms with van der Waals surface area (Å²) < 4.78 is 0. The number of aliphatic carboxylic acids is 1. The van der Waals surface area contributed by atoms with Gasteiger partial charge in [0.25, 0.3) is 0 Å². The molecule has 0 radical (unpaired) electrons. The molecule has 0 saturated carbocycles. The number of guanidine groups is 1. The van der Waals surface area contributed by atoms with Gasteiger partial charge in [0.05, 0.1) is 12.6 Å². The average Bonchev–Trinajstić information content (AvgIpc) is 2.70. The van der Waals surface area contributed by atoms with Crippen molar-refractivity contribution in [3.8, 4) is 0 Å². The molecule has 0 bridgehead atoms. The van der Waals surface area contributed by atoms with Gasteiger partial charge in [-0.05, 0) is 43.6 Å². The molecule has 0 aromatic rings. The van der Waals surface area contributed by atoms with E-state index in [1.807, 2.05) is 20.1 Å². The fourth-order valence-corrected chi connectivity index (χ4v) is 3.15. The number of carbonyl (C=O) groups is 4. The molecule has 0 spiro atoms. The highest BCUT2D eigenvalue weighted by Gasteiger charge is 2.27. The number of carbonyl (C=O) groups excluding carboxylic acids is 3. The first-order valence-corrected chi connectivity index (χ1v) is 11.8. The molecule has 3 unspecified atom stereocenters. The second-order valence-electron chi connectivity index (χ2n) is 7.70. The first-order valence-electron chi connectivity index (χ1n) is 10.4. The summed E-state index contributed by atoms with van der Waals surface area (Å²) >= 11 is 1.56. The van der Waals surface area contributed by atoms with Crippen molar-refractivity contribution in [1.82, 2.24) is 16.0 Å². The first kappa shape index (κ1) is 29.5. The van der Waals surface area contributed by atoms with Crippen LogP contribution in [0.15, 0.2) is 4.99 Å². The number of nitrogens with two attached hydrogens (primary N) is 3. The third kappa shape index (κ3) is 13.7. The SMILES string of the molecule is CSCCC(N)C(=O)NCC(=O)NC(CC(C)C)C(=O)NC(CCCN=C(N)N)C(=O)O. The average molecular weight is 476 g/mol. The van der Waals surface area contributed by atoms with E-state index in [1.165, 1.54) is 0 Å². The Morgan fingerprint density at radius 2 is 1.69 bits per heavy atom. The largest absolute Gasteiger partial charge is 0.480 e. The van der Waals surface area contributed by atoms with Crippen molar-refractivity contribution in [2.24, 2.45) is 28.1 Å². The Kier molecular flexibility index (Phi) is 14.9. The summed E-state index contributed by atoms with van der Waals surface area (Å²) in [7, 11) is 0. The first-order chi connectivity index (χ1) is 15.0. The Morgan fingerprint density at radius 1 is 1.03 bits per heavy atom. The lowest BCUT2D eigenvalue weighted by atomic mass is 10.0. The molecule has 10 N–H and O–H groups in total. The summed E-state index contributed by atoms with van der Waals surface area (Å²) in [4.78, 5) is 52.2. The lowest BCUT2D eigenvalue weighted by Gasteiger charge is -2.23. The minimum Gasteiger partial charge on any atom is -0.480 e. The summed E-state index contributed by atoms with van der Waals surface area (Å²) in [5, 5.41) is 16.8. The summed E-state index contributed by atoms with van der Waals surface area (Å²) in [6.45, 7) is 3.62. The van der Waals surface area contributed by atoms with Gasteiger partial charge in [-0.15, -0.1) is 0 Å². The van der Waals surface area contributed by atoms with Crippen LogP contribution in [-0.2, 0) is 19.2 Å². The van der Waals surface area contributed by atoms with Gasteiger partial charge >= 0.3 is 5.97 Å². The molecule has 0 aromatic carbocycles. The summed E-state index contributed by atoms with van der Waals surface area (Å²) in [5.41, 5.74) is 16.2. The number of amides is 3. The minimum absolute atomic E-state index is 0.0470. The van der Waals surface area contributed by atoms with E-state index in [2.05, 4.69) is 20.9 Å². The zero-order valence-corrected chi connectivity index (χ0v) is 19.7. The van der Waals surface area contributed by atoms with Crippen LogP contribution in [-0.4, -0.2) is 78.0 Å². The highest BCUT2D eigenvalue weighted by atomic mass is 32.2. The number of rotatable bonds is 16. The Bertz CT molecular complexity index is 656. The summed E-state index contributed by atoms with van der Waals surface area (Å²) in [5.74, 6) is -2.19. The number of carboxylic acids is 1. The van der Waals surface area contributed by atoms with E-state index < -0.39 is 41.8 Å². The van der Waals surface area contributed by atoms with Gasteiger partial charge in [-0.1, -0.05) is 13.8 Å². The van der Waals surface area contributed by atoms with Crippen molar-refractivity contribution < 1.29 is 24.3 Å². The van der Waals surface area contributed by atoms with E-state index in [0.717, 1.165) is 0 Å². The molecule has 0 aliphatic carbocycles. The fourth-order valence-electron chi connectivity index (χ4n) is 2.66. The van der Waals surface area contributed by atoms with Crippen LogP contribution >= 0.6 is 11.8 Å². The highest BCUT2D eigenvalue weighted by Crippen LogP contribution is 2.07. The second kappa shape index (κ2) is 16.1. The van der Waals surface area contributed by atoms with Crippen LogP contribution in [0.3, 0.4) is 0 Å². The van der Waals surface area contributed by atoms with Crippen molar-refractivity contribution in [3.63, 3.8) is 0 Å². The molecule has 13 heteroatoms. The van der Waals surface area contributed by atoms with Crippen molar-refractivity contribution in [3.05, 3.63) is 0 Å². The number of nitrogens with one attached hydrogen (secondary N) is 3. The van der Waals surface area contributed by atoms with Crippen molar-refractivity contribution >= 4 is 41.4 Å². The van der Waals surface area contributed by atoms with Crippen LogP contribution in [0.2, 0.25) is 0 Å². The molecule has 0 fully saturated rings. The smallest absolute Gasteiger partial charge is 0.326 e. The monoisotopic (exact) mass is 475 g/mol. The van der Waals surface area contributed by atoms with Crippen LogP contribution in [0, 0.1) is 5.92 Å². The van der Waals surface area contributed by atoms with Gasteiger partial charge in [-0.25, -0.2) is 4.79 Å². The predicted octanol–water partition coefficient (Wildman–Crippen LogP) is -1.66. The molecule has 3 atom stereocenters. The number of thioether (sulfide) groups is 1. The molecule has 184 valence electrons. The molecule has 0 rings (SSSR count). The predicted molar refractivity (Wildman–Crippen MR) is 125 cm³/mol. The molecule has 12 nitrogen and oxygen atoms in total. The van der Waals surface area contributed by atoms with Gasteiger partial charge in [0.2, 0.25) is 17.7 Å². The van der Waals surface area contributed by atoms with E-state index in [0.29, 0.717) is 25.0 Å². The highest BCUT2D eigenvalue weighted by molar-refractivity contribution is 7.98. The topological polar surface area (TPSA) is 215 Å². The molecular weight excluding hydrogens is 438 g/mol. The normalized spacial score (nSPS) is 13.5. The van der Waals surface area contributed by atoms with E-state index >= 15 is 0 Å². The standard InChI is InChI=1S/C19H37N7O5S/c1-11(2)9-14(25-15(27)10-24-16(28)12(20)6-8-32-3)17(29)26-13(18(30)31)5-4-7-23-19(21)22/h11-14H,4-10,20H2,1-3H3,(H,24,28)(H,25,27)(H,26,29)(H,30,31)(H4,21,22,23).